The first-order chi connectivity index (χ1) is 10.5. The van der Waals surface area contributed by atoms with Crippen molar-refractivity contribution in [2.75, 3.05) is 0 Å². The quantitative estimate of drug-likeness (QED) is 0.582. The fourth-order valence-corrected chi connectivity index (χ4v) is 8.37. The van der Waals surface area contributed by atoms with Crippen LogP contribution in [0.2, 0.25) is 9.26 Å². The molecule has 1 aliphatic rings. The Bertz CT molecular complexity index is 705. The molecule has 3 rings (SSSR count). The summed E-state index contributed by atoms with van der Waals surface area (Å²) in [5, 5.41) is 0. The van der Waals surface area contributed by atoms with Crippen molar-refractivity contribution >= 4 is 6.08 Å². The van der Waals surface area contributed by atoms with Crippen LogP contribution in [0.1, 0.15) is 34.2 Å². The van der Waals surface area contributed by atoms with Crippen molar-refractivity contribution < 1.29 is 21.8 Å². The van der Waals surface area contributed by atoms with Crippen LogP contribution >= 0.6 is 0 Å². The molecule has 2 aromatic carbocycles. The van der Waals surface area contributed by atoms with Gasteiger partial charge in [0.1, 0.15) is 0 Å². The molecule has 0 N–H and O–H groups in total. The van der Waals surface area contributed by atoms with Gasteiger partial charge in [0.15, 0.2) is 0 Å². The van der Waals surface area contributed by atoms with Gasteiger partial charge in [-0.05, 0) is 0 Å². The summed E-state index contributed by atoms with van der Waals surface area (Å²) < 4.78 is 5.84. The molecule has 0 bridgehead atoms. The fourth-order valence-electron chi connectivity index (χ4n) is 3.55. The molecule has 0 radical (unpaired) electrons. The average Bonchev–Trinajstić information content (AvgIpc) is 2.88. The molecule has 0 saturated heterocycles. The zero-order valence-electron chi connectivity index (χ0n) is 14.3. The fraction of sp³-hybridized carbons (Fsp3) is 0.333. The van der Waals surface area contributed by atoms with Crippen LogP contribution in [0.4, 0.5) is 0 Å². The number of rotatable bonds is 3. The van der Waals surface area contributed by atoms with Gasteiger partial charge in [0.2, 0.25) is 0 Å². The molecule has 22 heavy (non-hydrogen) atoms. The van der Waals surface area contributed by atoms with Crippen molar-refractivity contribution in [3.05, 3.63) is 64.7 Å². The summed E-state index contributed by atoms with van der Waals surface area (Å²) in [5.41, 5.74) is 8.84. The van der Waals surface area contributed by atoms with Crippen LogP contribution in [0.3, 0.4) is 0 Å². The van der Waals surface area contributed by atoms with Crippen LogP contribution in [0, 0.1) is 12.8 Å². The minimum atomic E-state index is -1.35. The molecule has 1 unspecified atom stereocenters. The monoisotopic (exact) mass is 367 g/mol. The van der Waals surface area contributed by atoms with Crippen LogP contribution in [-0.2, 0) is 21.8 Å². The second kappa shape index (κ2) is 6.28. The molecule has 1 heteroatoms. The summed E-state index contributed by atoms with van der Waals surface area (Å²) >= 11 is -1.35. The Balaban J connectivity index is 2.16. The third-order valence-corrected chi connectivity index (χ3v) is 9.12. The van der Waals surface area contributed by atoms with E-state index < -0.39 is 21.8 Å². The van der Waals surface area contributed by atoms with Crippen LogP contribution < -0.4 is 0 Å². The molecular weight excluding hydrogens is 343 g/mol. The predicted molar refractivity (Wildman–Crippen MR) is 93.9 cm³/mol. The molecule has 0 fully saturated rings. The Hall–Kier alpha value is -0.937. The van der Waals surface area contributed by atoms with Crippen LogP contribution in [-0.4, -0.2) is 0 Å². The molecule has 0 nitrogen and oxygen atoms in total. The van der Waals surface area contributed by atoms with E-state index in [4.69, 9.17) is 0 Å². The molecule has 0 amide bonds. The molecule has 2 aromatic rings. The van der Waals surface area contributed by atoms with E-state index in [0.29, 0.717) is 5.92 Å². The van der Waals surface area contributed by atoms with E-state index in [9.17, 15) is 0 Å². The Morgan fingerprint density at radius 3 is 2.23 bits per heavy atom. The maximum atomic E-state index is 2.54. The molecule has 113 valence electrons. The molecule has 1 aliphatic carbocycles. The minimum absolute atomic E-state index is 0.652. The Morgan fingerprint density at radius 1 is 0.955 bits per heavy atom. The number of allylic oxidation sites excluding steroid dienone is 1. The van der Waals surface area contributed by atoms with Gasteiger partial charge in [0, 0.05) is 0 Å². The van der Waals surface area contributed by atoms with E-state index in [1.165, 1.54) is 22.3 Å². The van der Waals surface area contributed by atoms with E-state index in [0.717, 1.165) is 3.63 Å². The topological polar surface area (TPSA) is 0 Å². The van der Waals surface area contributed by atoms with Gasteiger partial charge in [-0.1, -0.05) is 0 Å². The van der Waals surface area contributed by atoms with Gasteiger partial charge < -0.3 is 0 Å². The third kappa shape index (κ3) is 2.81. The number of hydrogen-bond donors (Lipinski definition) is 0. The third-order valence-electron chi connectivity index (χ3n) is 4.70. The van der Waals surface area contributed by atoms with Crippen molar-refractivity contribution in [1.29, 1.82) is 0 Å². The summed E-state index contributed by atoms with van der Waals surface area (Å²) in [6.07, 6.45) is 2.51. The number of aryl methyl sites for hydroxylation is 1. The van der Waals surface area contributed by atoms with Gasteiger partial charge >= 0.3 is 143 Å². The van der Waals surface area contributed by atoms with Crippen LogP contribution in [0.5, 0.6) is 0 Å². The molecule has 1 atom stereocenters. The second-order valence-electron chi connectivity index (χ2n) is 6.98. The van der Waals surface area contributed by atoms with Gasteiger partial charge in [-0.25, -0.2) is 0 Å². The molecule has 0 aromatic heterocycles. The predicted octanol–water partition coefficient (Wildman–Crippen LogP) is 6.47. The van der Waals surface area contributed by atoms with Gasteiger partial charge in [-0.3, -0.25) is 0 Å². The molecule has 0 spiro atoms. The van der Waals surface area contributed by atoms with Crippen molar-refractivity contribution in [2.24, 2.45) is 5.92 Å². The molecule has 0 saturated carbocycles. The Morgan fingerprint density at radius 2 is 1.64 bits per heavy atom. The van der Waals surface area contributed by atoms with E-state index in [-0.39, 0.29) is 0 Å². The standard InChI is InChI=1S/C19H19.2CH3.Zr/c1-13(2)17-11-16-5-4-6-18(19(16)12-17)15-9-7-14(3)8-10-15;;;/h4-13H,1-3H3;2*1H3;. The average molecular weight is 369 g/mol. The first kappa shape index (κ1) is 15.9. The normalized spacial score (nSPS) is 16.6. The summed E-state index contributed by atoms with van der Waals surface area (Å²) in [6, 6.07) is 15.9. The van der Waals surface area contributed by atoms with Crippen molar-refractivity contribution in [3.63, 3.8) is 0 Å². The zero-order chi connectivity index (χ0) is 15.9. The second-order valence-corrected chi connectivity index (χ2v) is 13.7. The van der Waals surface area contributed by atoms with E-state index in [1.54, 1.807) is 11.1 Å². The number of fused-ring (bicyclic) bond motifs is 1. The van der Waals surface area contributed by atoms with Crippen molar-refractivity contribution in [2.45, 2.75) is 33.7 Å². The van der Waals surface area contributed by atoms with Gasteiger partial charge in [-0.2, -0.15) is 0 Å². The zero-order valence-corrected chi connectivity index (χ0v) is 16.7. The van der Waals surface area contributed by atoms with Gasteiger partial charge in [0.05, 0.1) is 0 Å². The van der Waals surface area contributed by atoms with E-state index in [1.807, 2.05) is 0 Å². The summed E-state index contributed by atoms with van der Waals surface area (Å²) in [4.78, 5) is 0. The van der Waals surface area contributed by atoms with Gasteiger partial charge in [0.25, 0.3) is 0 Å². The maximum absolute atomic E-state index is 2.54. The van der Waals surface area contributed by atoms with Gasteiger partial charge in [-0.15, -0.1) is 0 Å². The molecule has 0 aliphatic heterocycles. The van der Waals surface area contributed by atoms with Crippen LogP contribution in [0.25, 0.3) is 17.2 Å². The van der Waals surface area contributed by atoms with E-state index >= 15 is 0 Å². The van der Waals surface area contributed by atoms with Crippen LogP contribution in [0.15, 0.2) is 48.0 Å². The summed E-state index contributed by atoms with van der Waals surface area (Å²) in [7, 11) is 0. The summed E-state index contributed by atoms with van der Waals surface area (Å²) in [5.74, 6) is 0.652. The Kier molecular flexibility index (Phi) is 4.55. The Labute approximate surface area is 142 Å². The number of hydrogen-bond acceptors (Lipinski definition) is 0. The first-order valence-corrected chi connectivity index (χ1v) is 14.5. The summed E-state index contributed by atoms with van der Waals surface area (Å²) in [6.45, 7) is 6.85. The van der Waals surface area contributed by atoms with Crippen molar-refractivity contribution in [3.8, 4) is 11.1 Å². The SMILES string of the molecule is Cc1ccc(-c2cccc3c2C=C(C(C)C)[CH]3[Zr]([CH3])[CH3])cc1. The molecular formula is C21H25Zr. The van der Waals surface area contributed by atoms with Crippen molar-refractivity contribution in [1.82, 2.24) is 0 Å². The first-order valence-electron chi connectivity index (χ1n) is 8.20. The molecule has 0 heterocycles. The van der Waals surface area contributed by atoms with E-state index in [2.05, 4.69) is 78.6 Å². The number of benzene rings is 2.